The van der Waals surface area contributed by atoms with Gasteiger partial charge in [-0.3, -0.25) is 0 Å². The summed E-state index contributed by atoms with van der Waals surface area (Å²) in [5.74, 6) is 0. The molecule has 0 fully saturated rings. The normalized spacial score (nSPS) is 12.9. The van der Waals surface area contributed by atoms with Crippen LogP contribution in [-0.4, -0.2) is 26.1 Å². The van der Waals surface area contributed by atoms with E-state index in [1.807, 2.05) is 0 Å². The maximum Gasteiger partial charge on any atom is 0.389 e. The molecular weight excluding hydrogens is 313 g/mol. The molecule has 0 aliphatic heterocycles. The smallest absolute Gasteiger partial charge is 0.232 e. The van der Waals surface area contributed by atoms with Crippen LogP contribution in [0.1, 0.15) is 19.3 Å². The lowest BCUT2D eigenvalue weighted by Gasteiger charge is -2.06. The first-order valence-corrected chi connectivity index (χ1v) is 7.56. The summed E-state index contributed by atoms with van der Waals surface area (Å²) in [5, 5.41) is 0. The zero-order chi connectivity index (χ0) is 13.8. The number of halogens is 4. The fourth-order valence-electron chi connectivity index (χ4n) is 1.09. The van der Waals surface area contributed by atoms with Gasteiger partial charge in [0.25, 0.3) is 10.0 Å². The molecule has 1 heterocycles. The summed E-state index contributed by atoms with van der Waals surface area (Å²) in [6, 6.07) is 0. The molecule has 0 aliphatic carbocycles. The Morgan fingerprint density at radius 3 is 2.56 bits per heavy atom. The molecule has 104 valence electrons. The van der Waals surface area contributed by atoms with Gasteiger partial charge < -0.3 is 0 Å². The standard InChI is InChI=1S/C8H10ClF3N2O2S2/c9-7-13-5-6(17-7)18(15,16)14-4-2-1-3-8(10,11)12/h5,14H,1-4H2. The van der Waals surface area contributed by atoms with Crippen molar-refractivity contribution < 1.29 is 21.6 Å². The van der Waals surface area contributed by atoms with Gasteiger partial charge in [-0.15, -0.1) is 0 Å². The molecule has 0 spiro atoms. The zero-order valence-corrected chi connectivity index (χ0v) is 11.4. The average molecular weight is 323 g/mol. The molecule has 0 saturated carbocycles. The summed E-state index contributed by atoms with van der Waals surface area (Å²) in [5.41, 5.74) is 0. The number of nitrogens with one attached hydrogen (secondary N) is 1. The van der Waals surface area contributed by atoms with Gasteiger partial charge in [0.1, 0.15) is 0 Å². The first-order valence-electron chi connectivity index (χ1n) is 4.88. The van der Waals surface area contributed by atoms with Crippen LogP contribution in [0.25, 0.3) is 0 Å². The Hall–Kier alpha value is -0.380. The van der Waals surface area contributed by atoms with Crippen LogP contribution in [0.3, 0.4) is 0 Å². The molecule has 10 heteroatoms. The third-order valence-electron chi connectivity index (χ3n) is 1.90. The van der Waals surface area contributed by atoms with Gasteiger partial charge in [0, 0.05) is 13.0 Å². The maximum absolute atomic E-state index is 11.8. The summed E-state index contributed by atoms with van der Waals surface area (Å²) >= 11 is 6.28. The van der Waals surface area contributed by atoms with E-state index in [1.165, 1.54) is 0 Å². The van der Waals surface area contributed by atoms with Gasteiger partial charge in [0.05, 0.1) is 6.20 Å². The van der Waals surface area contributed by atoms with Crippen molar-refractivity contribution in [2.75, 3.05) is 6.54 Å². The third kappa shape index (κ3) is 5.51. The molecule has 0 aromatic carbocycles. The molecule has 1 N–H and O–H groups in total. The van der Waals surface area contributed by atoms with Gasteiger partial charge in [0.15, 0.2) is 8.68 Å². The maximum atomic E-state index is 11.8. The van der Waals surface area contributed by atoms with Gasteiger partial charge in [-0.25, -0.2) is 18.1 Å². The van der Waals surface area contributed by atoms with Crippen LogP contribution in [-0.2, 0) is 10.0 Å². The van der Waals surface area contributed by atoms with Crippen LogP contribution in [0.15, 0.2) is 10.4 Å². The number of hydrogen-bond acceptors (Lipinski definition) is 4. The first-order chi connectivity index (χ1) is 8.21. The van der Waals surface area contributed by atoms with Crippen molar-refractivity contribution in [1.82, 2.24) is 9.71 Å². The molecule has 1 rings (SSSR count). The number of thiazole rings is 1. The number of sulfonamides is 1. The highest BCUT2D eigenvalue weighted by atomic mass is 35.5. The Morgan fingerprint density at radius 2 is 2.06 bits per heavy atom. The Bertz CT molecular complexity index is 487. The minimum absolute atomic E-state index is 0.0477. The number of alkyl halides is 3. The second-order valence-corrected chi connectivity index (χ2v) is 7.01. The Labute approximate surface area is 111 Å². The summed E-state index contributed by atoms with van der Waals surface area (Å²) in [6.07, 6.45) is -4.02. The van der Waals surface area contributed by atoms with Crippen molar-refractivity contribution >= 4 is 33.0 Å². The van der Waals surface area contributed by atoms with Crippen LogP contribution < -0.4 is 4.72 Å². The molecule has 1 aromatic heterocycles. The summed E-state index contributed by atoms with van der Waals surface area (Å²) in [6.45, 7) is -0.0477. The highest BCUT2D eigenvalue weighted by Crippen LogP contribution is 2.23. The minimum atomic E-state index is -4.20. The molecule has 0 bridgehead atoms. The van der Waals surface area contributed by atoms with Crippen LogP contribution >= 0.6 is 22.9 Å². The lowest BCUT2D eigenvalue weighted by atomic mass is 10.2. The van der Waals surface area contributed by atoms with Gasteiger partial charge in [-0.05, 0) is 12.8 Å². The molecule has 0 atom stereocenters. The van der Waals surface area contributed by atoms with Crippen molar-refractivity contribution in [2.24, 2.45) is 0 Å². The number of rotatable bonds is 6. The van der Waals surface area contributed by atoms with Gasteiger partial charge in [0.2, 0.25) is 0 Å². The highest BCUT2D eigenvalue weighted by Gasteiger charge is 2.26. The molecule has 18 heavy (non-hydrogen) atoms. The molecular formula is C8H10ClF3N2O2S2. The fourth-order valence-corrected chi connectivity index (χ4v) is 3.50. The third-order valence-corrected chi connectivity index (χ3v) is 4.94. The second-order valence-electron chi connectivity index (χ2n) is 3.40. The van der Waals surface area contributed by atoms with Gasteiger partial charge >= 0.3 is 6.18 Å². The van der Waals surface area contributed by atoms with Gasteiger partial charge in [-0.1, -0.05) is 22.9 Å². The van der Waals surface area contributed by atoms with E-state index in [-0.39, 0.29) is 28.1 Å². The second kappa shape index (κ2) is 6.18. The molecule has 0 aliphatic rings. The monoisotopic (exact) mass is 322 g/mol. The lowest BCUT2D eigenvalue weighted by molar-refractivity contribution is -0.135. The zero-order valence-electron chi connectivity index (χ0n) is 9.00. The fraction of sp³-hybridized carbons (Fsp3) is 0.625. The molecule has 1 aromatic rings. The quantitative estimate of drug-likeness (QED) is 0.819. The molecule has 0 radical (unpaired) electrons. The molecule has 4 nitrogen and oxygen atoms in total. The topological polar surface area (TPSA) is 59.1 Å². The molecule has 0 saturated heterocycles. The van der Waals surface area contributed by atoms with Crippen molar-refractivity contribution in [3.63, 3.8) is 0 Å². The number of aromatic nitrogens is 1. The van der Waals surface area contributed by atoms with Crippen molar-refractivity contribution in [3.05, 3.63) is 10.7 Å². The molecule has 0 amide bonds. The SMILES string of the molecule is O=S(=O)(NCCCCC(F)(F)F)c1cnc(Cl)s1. The Balaban J connectivity index is 2.35. The predicted molar refractivity (Wildman–Crippen MR) is 62.2 cm³/mol. The van der Waals surface area contributed by atoms with Crippen molar-refractivity contribution in [3.8, 4) is 0 Å². The minimum Gasteiger partial charge on any atom is -0.232 e. The van der Waals surface area contributed by atoms with E-state index >= 15 is 0 Å². The van der Waals surface area contributed by atoms with Crippen LogP contribution in [0, 0.1) is 0 Å². The van der Waals surface area contributed by atoms with Gasteiger partial charge in [-0.2, -0.15) is 13.2 Å². The van der Waals surface area contributed by atoms with E-state index < -0.39 is 22.6 Å². The number of hydrogen-bond donors (Lipinski definition) is 1. The van der Waals surface area contributed by atoms with E-state index in [0.29, 0.717) is 0 Å². The van der Waals surface area contributed by atoms with Crippen molar-refractivity contribution in [2.45, 2.75) is 29.6 Å². The highest BCUT2D eigenvalue weighted by molar-refractivity contribution is 7.91. The van der Waals surface area contributed by atoms with E-state index in [0.717, 1.165) is 17.5 Å². The number of unbranched alkanes of at least 4 members (excludes halogenated alkanes) is 1. The van der Waals surface area contributed by atoms with E-state index in [2.05, 4.69) is 9.71 Å². The Morgan fingerprint density at radius 1 is 1.39 bits per heavy atom. The Kier molecular flexibility index (Phi) is 5.38. The largest absolute Gasteiger partial charge is 0.389 e. The van der Waals surface area contributed by atoms with Crippen LogP contribution in [0.4, 0.5) is 13.2 Å². The molecule has 0 unspecified atom stereocenters. The van der Waals surface area contributed by atoms with E-state index in [9.17, 15) is 21.6 Å². The summed E-state index contributed by atoms with van der Waals surface area (Å²) < 4.78 is 60.9. The van der Waals surface area contributed by atoms with E-state index in [4.69, 9.17) is 11.6 Å². The van der Waals surface area contributed by atoms with Crippen molar-refractivity contribution in [1.29, 1.82) is 0 Å². The summed E-state index contributed by atoms with van der Waals surface area (Å²) in [4.78, 5) is 3.58. The number of nitrogens with zero attached hydrogens (tertiary/aromatic N) is 1. The van der Waals surface area contributed by atoms with Crippen LogP contribution in [0.2, 0.25) is 4.47 Å². The van der Waals surface area contributed by atoms with Crippen LogP contribution in [0.5, 0.6) is 0 Å². The van der Waals surface area contributed by atoms with E-state index in [1.54, 1.807) is 0 Å². The lowest BCUT2D eigenvalue weighted by Crippen LogP contribution is -2.24. The predicted octanol–water partition coefficient (Wildman–Crippen LogP) is 2.81. The summed E-state index contributed by atoms with van der Waals surface area (Å²) in [7, 11) is -3.72. The first kappa shape index (κ1) is 15.7. The average Bonchev–Trinajstić information content (AvgIpc) is 2.63.